The Morgan fingerprint density at radius 1 is 0.920 bits per heavy atom. The van der Waals surface area contributed by atoms with E-state index >= 15 is 0 Å². The van der Waals surface area contributed by atoms with Gasteiger partial charge in [0.2, 0.25) is 11.8 Å². The summed E-state index contributed by atoms with van der Waals surface area (Å²) in [4.78, 5) is 24.3. The average molecular weight is 355 g/mol. The van der Waals surface area contributed by atoms with Gasteiger partial charge >= 0.3 is 0 Å². The Morgan fingerprint density at radius 2 is 1.60 bits per heavy atom. The van der Waals surface area contributed by atoms with Crippen LogP contribution in [0.4, 0.5) is 11.4 Å². The largest absolute Gasteiger partial charge is 0.326 e. The number of rotatable bonds is 5. The van der Waals surface area contributed by atoms with Crippen LogP contribution in [-0.4, -0.2) is 11.8 Å². The van der Waals surface area contributed by atoms with Gasteiger partial charge in [0.25, 0.3) is 0 Å². The van der Waals surface area contributed by atoms with Gasteiger partial charge in [-0.1, -0.05) is 35.9 Å². The number of nitrogens with one attached hydrogen (secondary N) is 2. The lowest BCUT2D eigenvalue weighted by Gasteiger charge is -2.09. The van der Waals surface area contributed by atoms with Gasteiger partial charge in [0, 0.05) is 28.2 Å². The topological polar surface area (TPSA) is 58.2 Å². The lowest BCUT2D eigenvalue weighted by atomic mass is 10.1. The van der Waals surface area contributed by atoms with E-state index in [1.807, 2.05) is 42.5 Å². The van der Waals surface area contributed by atoms with Crippen molar-refractivity contribution >= 4 is 34.8 Å². The molecule has 2 aromatic carbocycles. The van der Waals surface area contributed by atoms with Crippen LogP contribution in [0.15, 0.2) is 48.5 Å². The molecule has 0 aromatic heterocycles. The Hall–Kier alpha value is -2.33. The molecule has 0 radical (unpaired) electrons. The molecule has 2 amide bonds. The highest BCUT2D eigenvalue weighted by atomic mass is 35.5. The summed E-state index contributed by atoms with van der Waals surface area (Å²) in [5, 5.41) is 6.56. The summed E-state index contributed by atoms with van der Waals surface area (Å²) in [7, 11) is 0. The van der Waals surface area contributed by atoms with Gasteiger partial charge in [0.1, 0.15) is 0 Å². The number of carbonyl (C=O) groups excluding carboxylic acids is 2. The van der Waals surface area contributed by atoms with Crippen molar-refractivity contribution in [3.8, 4) is 0 Å². The summed E-state index contributed by atoms with van der Waals surface area (Å²) in [6, 6.07) is 15.0. The van der Waals surface area contributed by atoms with Gasteiger partial charge in [-0.3, -0.25) is 9.59 Å². The summed E-state index contributed by atoms with van der Waals surface area (Å²) in [5.41, 5.74) is 2.45. The van der Waals surface area contributed by atoms with Crippen molar-refractivity contribution in [2.24, 2.45) is 11.8 Å². The van der Waals surface area contributed by atoms with Crippen molar-refractivity contribution in [3.05, 3.63) is 59.1 Å². The zero-order valence-electron chi connectivity index (χ0n) is 13.7. The van der Waals surface area contributed by atoms with Gasteiger partial charge in [-0.25, -0.2) is 0 Å². The van der Waals surface area contributed by atoms with Crippen molar-refractivity contribution in [1.29, 1.82) is 0 Å². The minimum atomic E-state index is -0.0513. The molecule has 5 heteroatoms. The fraction of sp³-hybridized carbons (Fsp3) is 0.300. The number of amides is 2. The van der Waals surface area contributed by atoms with Gasteiger partial charge in [0.15, 0.2) is 0 Å². The standard InChI is InChI=1S/C20H19ClN2O2/c21-18-7-2-1-6-15(18)16-11-17(16)20(25)23-14-5-3-4-13(10-14)22-19(24)12-8-9-12/h1-7,10,12,16-17H,8-9,11H2,(H,22,24)(H,23,25). The molecular weight excluding hydrogens is 336 g/mol. The molecule has 0 heterocycles. The van der Waals surface area contributed by atoms with Crippen LogP contribution in [0.5, 0.6) is 0 Å². The lowest BCUT2D eigenvalue weighted by Crippen LogP contribution is -2.16. The Kier molecular flexibility index (Phi) is 4.22. The van der Waals surface area contributed by atoms with E-state index in [4.69, 9.17) is 11.6 Å². The molecule has 2 aromatic rings. The van der Waals surface area contributed by atoms with E-state index in [1.165, 1.54) is 0 Å². The van der Waals surface area contributed by atoms with Crippen molar-refractivity contribution in [1.82, 2.24) is 0 Å². The predicted molar refractivity (Wildman–Crippen MR) is 98.7 cm³/mol. The molecule has 25 heavy (non-hydrogen) atoms. The van der Waals surface area contributed by atoms with Crippen LogP contribution in [0.2, 0.25) is 5.02 Å². The van der Waals surface area contributed by atoms with Crippen LogP contribution < -0.4 is 10.6 Å². The maximum Gasteiger partial charge on any atom is 0.228 e. The summed E-state index contributed by atoms with van der Waals surface area (Å²) in [6.07, 6.45) is 2.74. The quantitative estimate of drug-likeness (QED) is 0.834. The van der Waals surface area contributed by atoms with E-state index < -0.39 is 0 Å². The maximum atomic E-state index is 12.5. The van der Waals surface area contributed by atoms with Gasteiger partial charge in [0.05, 0.1) is 0 Å². The van der Waals surface area contributed by atoms with E-state index in [1.54, 1.807) is 6.07 Å². The second kappa shape index (κ2) is 6.52. The summed E-state index contributed by atoms with van der Waals surface area (Å²) >= 11 is 6.22. The highest BCUT2D eigenvalue weighted by molar-refractivity contribution is 6.31. The first-order chi connectivity index (χ1) is 12.1. The van der Waals surface area contributed by atoms with E-state index in [0.717, 1.165) is 24.8 Å². The van der Waals surface area contributed by atoms with E-state index in [-0.39, 0.29) is 29.6 Å². The summed E-state index contributed by atoms with van der Waals surface area (Å²) in [6.45, 7) is 0. The first-order valence-corrected chi connectivity index (χ1v) is 8.96. The van der Waals surface area contributed by atoms with Gasteiger partial charge in [-0.05, 0) is 55.0 Å². The third-order valence-electron chi connectivity index (χ3n) is 4.78. The highest BCUT2D eigenvalue weighted by Gasteiger charge is 2.44. The second-order valence-corrected chi connectivity index (χ2v) is 7.21. The van der Waals surface area contributed by atoms with Crippen LogP contribution in [0.1, 0.15) is 30.7 Å². The molecule has 0 spiro atoms. The molecule has 2 atom stereocenters. The molecule has 2 N–H and O–H groups in total. The molecule has 4 nitrogen and oxygen atoms in total. The number of benzene rings is 2. The van der Waals surface area contributed by atoms with Crippen LogP contribution in [-0.2, 0) is 9.59 Å². The predicted octanol–water partition coefficient (Wildman–Crippen LogP) is 4.43. The molecule has 2 aliphatic rings. The van der Waals surface area contributed by atoms with Crippen LogP contribution >= 0.6 is 11.6 Å². The second-order valence-electron chi connectivity index (χ2n) is 6.80. The third-order valence-corrected chi connectivity index (χ3v) is 5.12. The van der Waals surface area contributed by atoms with Gasteiger partial charge in [-0.15, -0.1) is 0 Å². The Bertz CT molecular complexity index is 832. The minimum absolute atomic E-state index is 0.00408. The normalized spacial score (nSPS) is 21.5. The molecule has 128 valence electrons. The zero-order valence-corrected chi connectivity index (χ0v) is 14.4. The third kappa shape index (κ3) is 3.69. The van der Waals surface area contributed by atoms with Crippen molar-refractivity contribution in [3.63, 3.8) is 0 Å². The molecule has 2 unspecified atom stereocenters. The van der Waals surface area contributed by atoms with Crippen molar-refractivity contribution in [2.45, 2.75) is 25.2 Å². The molecular formula is C20H19ClN2O2. The number of hydrogen-bond acceptors (Lipinski definition) is 2. The smallest absolute Gasteiger partial charge is 0.228 e. The Morgan fingerprint density at radius 3 is 2.28 bits per heavy atom. The molecule has 0 saturated heterocycles. The van der Waals surface area contributed by atoms with Gasteiger partial charge < -0.3 is 10.6 Å². The zero-order chi connectivity index (χ0) is 17.4. The Balaban J connectivity index is 1.38. The number of hydrogen-bond donors (Lipinski definition) is 2. The van der Waals surface area contributed by atoms with Crippen LogP contribution in [0, 0.1) is 11.8 Å². The highest BCUT2D eigenvalue weighted by Crippen LogP contribution is 2.50. The fourth-order valence-corrected chi connectivity index (χ4v) is 3.38. The van der Waals surface area contributed by atoms with Crippen molar-refractivity contribution < 1.29 is 9.59 Å². The summed E-state index contributed by atoms with van der Waals surface area (Å²) in [5.74, 6) is 0.345. The van der Waals surface area contributed by atoms with Gasteiger partial charge in [-0.2, -0.15) is 0 Å². The molecule has 2 aliphatic carbocycles. The first-order valence-electron chi connectivity index (χ1n) is 8.58. The number of carbonyl (C=O) groups is 2. The van der Waals surface area contributed by atoms with Crippen molar-refractivity contribution in [2.75, 3.05) is 10.6 Å². The summed E-state index contributed by atoms with van der Waals surface area (Å²) < 4.78 is 0. The maximum absolute atomic E-state index is 12.5. The molecule has 0 bridgehead atoms. The average Bonchev–Trinajstić information content (AvgIpc) is 3.47. The molecule has 2 saturated carbocycles. The van der Waals surface area contributed by atoms with E-state index in [9.17, 15) is 9.59 Å². The van der Waals surface area contributed by atoms with Crippen LogP contribution in [0.3, 0.4) is 0 Å². The molecule has 0 aliphatic heterocycles. The fourth-order valence-electron chi connectivity index (χ4n) is 3.10. The first kappa shape index (κ1) is 16.2. The molecule has 2 fully saturated rings. The molecule has 4 rings (SSSR count). The number of halogens is 1. The van der Waals surface area contributed by atoms with E-state index in [0.29, 0.717) is 16.4 Å². The minimum Gasteiger partial charge on any atom is -0.326 e. The lowest BCUT2D eigenvalue weighted by molar-refractivity contribution is -0.118. The SMILES string of the molecule is O=C(Nc1cccc(NC(=O)C2CC2c2ccccc2Cl)c1)C1CC1. The number of anilines is 2. The Labute approximate surface area is 151 Å². The van der Waals surface area contributed by atoms with E-state index in [2.05, 4.69) is 10.6 Å². The monoisotopic (exact) mass is 354 g/mol. The van der Waals surface area contributed by atoms with Crippen LogP contribution in [0.25, 0.3) is 0 Å².